The van der Waals surface area contributed by atoms with Crippen molar-refractivity contribution < 1.29 is 13.9 Å². The Morgan fingerprint density at radius 2 is 1.81 bits per heavy atom. The smallest absolute Gasteiger partial charge is 0.410 e. The number of carbonyl (C=O) groups excluding carboxylic acids is 1. The second kappa shape index (κ2) is 7.31. The van der Waals surface area contributed by atoms with E-state index in [9.17, 15) is 9.18 Å². The zero-order valence-electron chi connectivity index (χ0n) is 15.8. The first-order valence-corrected chi connectivity index (χ1v) is 9.50. The van der Waals surface area contributed by atoms with Crippen LogP contribution in [0.5, 0.6) is 0 Å². The molecule has 1 aliphatic carbocycles. The fraction of sp³-hybridized carbons (Fsp3) is 0.409. The van der Waals surface area contributed by atoms with Crippen molar-refractivity contribution in [3.8, 4) is 0 Å². The summed E-state index contributed by atoms with van der Waals surface area (Å²) in [4.78, 5) is 16.9. The highest BCUT2D eigenvalue weighted by atomic mass is 19.1. The standard InChI is InChI=1S/C22H25FN2O2/c1-24(2)18-13-19(14-18)27-22(26)25-12-11-15-5-3-4-6-20(15)21(25)16-7-9-17(23)10-8-16/h3-10,18-19,21H,11-14H2,1-2H3/t18-,19-,21-/m0/s1. The van der Waals surface area contributed by atoms with Crippen molar-refractivity contribution in [2.75, 3.05) is 20.6 Å². The van der Waals surface area contributed by atoms with Gasteiger partial charge in [0.1, 0.15) is 11.9 Å². The Hall–Kier alpha value is -2.40. The number of fused-ring (bicyclic) bond motifs is 1. The fourth-order valence-electron chi connectivity index (χ4n) is 4.03. The summed E-state index contributed by atoms with van der Waals surface area (Å²) in [5, 5.41) is 0. The van der Waals surface area contributed by atoms with Gasteiger partial charge in [-0.2, -0.15) is 0 Å². The van der Waals surface area contributed by atoms with E-state index >= 15 is 0 Å². The van der Waals surface area contributed by atoms with Crippen LogP contribution < -0.4 is 0 Å². The fourth-order valence-corrected chi connectivity index (χ4v) is 4.03. The van der Waals surface area contributed by atoms with Crippen molar-refractivity contribution in [2.45, 2.75) is 37.5 Å². The van der Waals surface area contributed by atoms with Gasteiger partial charge in [-0.05, 0) is 49.3 Å². The molecular weight excluding hydrogens is 343 g/mol. The number of hydrogen-bond donors (Lipinski definition) is 0. The number of hydrogen-bond acceptors (Lipinski definition) is 3. The van der Waals surface area contributed by atoms with Gasteiger partial charge < -0.3 is 9.64 Å². The van der Waals surface area contributed by atoms with Crippen LogP contribution in [0.25, 0.3) is 0 Å². The van der Waals surface area contributed by atoms with E-state index in [4.69, 9.17) is 4.74 Å². The molecule has 0 bridgehead atoms. The van der Waals surface area contributed by atoms with E-state index in [-0.39, 0.29) is 24.1 Å². The number of halogens is 1. The molecule has 2 aromatic rings. The molecule has 1 saturated carbocycles. The molecule has 2 aromatic carbocycles. The van der Waals surface area contributed by atoms with Crippen LogP contribution >= 0.6 is 0 Å². The van der Waals surface area contributed by atoms with Gasteiger partial charge in [0.2, 0.25) is 0 Å². The van der Waals surface area contributed by atoms with E-state index in [1.165, 1.54) is 17.7 Å². The van der Waals surface area contributed by atoms with E-state index in [0.717, 1.165) is 30.4 Å². The first-order chi connectivity index (χ1) is 13.0. The lowest BCUT2D eigenvalue weighted by Gasteiger charge is -2.42. The summed E-state index contributed by atoms with van der Waals surface area (Å²) >= 11 is 0. The summed E-state index contributed by atoms with van der Waals surface area (Å²) in [6.07, 6.45) is 2.26. The van der Waals surface area contributed by atoms with E-state index in [0.29, 0.717) is 12.6 Å². The predicted octanol–water partition coefficient (Wildman–Crippen LogP) is 4.00. The maximum Gasteiger partial charge on any atom is 0.410 e. The Balaban J connectivity index is 1.57. The van der Waals surface area contributed by atoms with Gasteiger partial charge in [-0.1, -0.05) is 36.4 Å². The molecular formula is C22H25FN2O2. The van der Waals surface area contributed by atoms with Gasteiger partial charge in [-0.3, -0.25) is 4.90 Å². The summed E-state index contributed by atoms with van der Waals surface area (Å²) < 4.78 is 19.2. The highest BCUT2D eigenvalue weighted by Crippen LogP contribution is 2.36. The van der Waals surface area contributed by atoms with Crippen molar-refractivity contribution in [1.82, 2.24) is 9.80 Å². The first-order valence-electron chi connectivity index (χ1n) is 9.50. The van der Waals surface area contributed by atoms with Crippen molar-refractivity contribution >= 4 is 6.09 Å². The predicted molar refractivity (Wildman–Crippen MR) is 102 cm³/mol. The molecule has 0 saturated heterocycles. The number of amides is 1. The minimum Gasteiger partial charge on any atom is -0.446 e. The molecule has 5 heteroatoms. The third kappa shape index (κ3) is 3.56. The number of nitrogens with zero attached hydrogens (tertiary/aromatic N) is 2. The van der Waals surface area contributed by atoms with E-state index < -0.39 is 0 Å². The molecule has 4 nitrogen and oxygen atoms in total. The molecule has 1 atom stereocenters. The third-order valence-electron chi connectivity index (χ3n) is 5.77. The molecule has 0 radical (unpaired) electrons. The zero-order chi connectivity index (χ0) is 19.0. The van der Waals surface area contributed by atoms with Crippen LogP contribution in [-0.2, 0) is 11.2 Å². The monoisotopic (exact) mass is 368 g/mol. The van der Waals surface area contributed by atoms with Gasteiger partial charge in [0.15, 0.2) is 0 Å². The average Bonchev–Trinajstić information content (AvgIpc) is 2.63. The van der Waals surface area contributed by atoms with E-state index in [1.54, 1.807) is 17.0 Å². The largest absolute Gasteiger partial charge is 0.446 e. The lowest BCUT2D eigenvalue weighted by molar-refractivity contribution is -0.0165. The van der Waals surface area contributed by atoms with Crippen molar-refractivity contribution in [2.24, 2.45) is 0 Å². The average molecular weight is 368 g/mol. The van der Waals surface area contributed by atoms with Crippen LogP contribution in [-0.4, -0.2) is 48.7 Å². The minimum atomic E-state index is -0.277. The molecule has 27 heavy (non-hydrogen) atoms. The third-order valence-corrected chi connectivity index (χ3v) is 5.77. The van der Waals surface area contributed by atoms with Crippen LogP contribution in [0, 0.1) is 5.82 Å². The highest BCUT2D eigenvalue weighted by Gasteiger charge is 2.38. The van der Waals surface area contributed by atoms with Crippen LogP contribution in [0.15, 0.2) is 48.5 Å². The van der Waals surface area contributed by atoms with E-state index in [1.807, 2.05) is 18.2 Å². The number of benzene rings is 2. The molecule has 142 valence electrons. The topological polar surface area (TPSA) is 32.8 Å². The molecule has 2 aliphatic rings. The lowest BCUT2D eigenvalue weighted by atomic mass is 9.88. The minimum absolute atomic E-state index is 0.0176. The Kier molecular flexibility index (Phi) is 4.87. The highest BCUT2D eigenvalue weighted by molar-refractivity contribution is 5.70. The Labute approximate surface area is 159 Å². The normalized spacial score (nSPS) is 24.3. The number of rotatable bonds is 3. The van der Waals surface area contributed by atoms with Gasteiger partial charge in [0, 0.05) is 25.4 Å². The molecule has 4 rings (SSSR count). The van der Waals surface area contributed by atoms with Crippen LogP contribution in [0.1, 0.15) is 35.6 Å². The summed E-state index contributed by atoms with van der Waals surface area (Å²) in [5.74, 6) is -0.277. The second-order valence-electron chi connectivity index (χ2n) is 7.69. The quantitative estimate of drug-likeness (QED) is 0.821. The molecule has 0 N–H and O–H groups in total. The van der Waals surface area contributed by atoms with Crippen LogP contribution in [0.2, 0.25) is 0 Å². The lowest BCUT2D eigenvalue weighted by Crippen LogP contribution is -2.48. The number of ether oxygens (including phenoxy) is 1. The van der Waals surface area contributed by atoms with Gasteiger partial charge in [-0.15, -0.1) is 0 Å². The summed E-state index contributed by atoms with van der Waals surface area (Å²) in [5.41, 5.74) is 3.22. The van der Waals surface area contributed by atoms with Crippen LogP contribution in [0.3, 0.4) is 0 Å². The Bertz CT molecular complexity index is 815. The van der Waals surface area contributed by atoms with Gasteiger partial charge in [0.25, 0.3) is 0 Å². The Morgan fingerprint density at radius 3 is 2.52 bits per heavy atom. The Morgan fingerprint density at radius 1 is 1.11 bits per heavy atom. The van der Waals surface area contributed by atoms with Gasteiger partial charge >= 0.3 is 6.09 Å². The summed E-state index contributed by atoms with van der Waals surface area (Å²) in [6, 6.07) is 14.8. The van der Waals surface area contributed by atoms with E-state index in [2.05, 4.69) is 25.1 Å². The molecule has 1 amide bonds. The molecule has 0 unspecified atom stereocenters. The summed E-state index contributed by atoms with van der Waals surface area (Å²) in [6.45, 7) is 0.599. The summed E-state index contributed by atoms with van der Waals surface area (Å²) in [7, 11) is 4.10. The molecule has 1 aliphatic heterocycles. The van der Waals surface area contributed by atoms with Gasteiger partial charge in [-0.25, -0.2) is 9.18 Å². The van der Waals surface area contributed by atoms with Gasteiger partial charge in [0.05, 0.1) is 6.04 Å². The molecule has 0 spiro atoms. The second-order valence-corrected chi connectivity index (χ2v) is 7.69. The maximum atomic E-state index is 13.4. The van der Waals surface area contributed by atoms with Crippen LogP contribution in [0.4, 0.5) is 9.18 Å². The zero-order valence-corrected chi connectivity index (χ0v) is 15.8. The first kappa shape index (κ1) is 18.0. The van der Waals surface area contributed by atoms with Crippen molar-refractivity contribution in [3.63, 3.8) is 0 Å². The number of carbonyl (C=O) groups is 1. The van der Waals surface area contributed by atoms with Crippen molar-refractivity contribution in [1.29, 1.82) is 0 Å². The molecule has 1 heterocycles. The molecule has 0 aromatic heterocycles. The van der Waals surface area contributed by atoms with Crippen molar-refractivity contribution in [3.05, 3.63) is 71.0 Å². The maximum absolute atomic E-state index is 13.4. The SMILES string of the molecule is CN(C)[C@H]1C[C@H](OC(=O)N2CCc3ccccc3[C@@H]2c2ccc(F)cc2)C1. The molecule has 1 fully saturated rings.